The summed E-state index contributed by atoms with van der Waals surface area (Å²) in [5.41, 5.74) is 0.340. The summed E-state index contributed by atoms with van der Waals surface area (Å²) in [7, 11) is 0. The first-order chi connectivity index (χ1) is 18.5. The van der Waals surface area contributed by atoms with Gasteiger partial charge in [-0.15, -0.1) is 0 Å². The largest absolute Gasteiger partial charge is 0.388 e. The van der Waals surface area contributed by atoms with Gasteiger partial charge in [-0.2, -0.15) is 0 Å². The number of aromatic nitrogens is 5. The first-order valence-electron chi connectivity index (χ1n) is 13.1. The van der Waals surface area contributed by atoms with Gasteiger partial charge in [-0.05, 0) is 43.5 Å². The summed E-state index contributed by atoms with van der Waals surface area (Å²) >= 11 is 0. The molecule has 38 heavy (non-hydrogen) atoms. The van der Waals surface area contributed by atoms with Gasteiger partial charge in [-0.1, -0.05) is 30.3 Å². The number of carbonyl (C=O) groups excluding carboxylic acids is 1. The molecule has 3 aromatic heterocycles. The maximum Gasteiger partial charge on any atom is 0.262 e. The summed E-state index contributed by atoms with van der Waals surface area (Å²) in [6.07, 6.45) is 8.07. The minimum atomic E-state index is -1.09. The Balaban J connectivity index is 1.15. The molecule has 0 spiro atoms. The Bertz CT molecular complexity index is 1480. The molecule has 196 valence electrons. The molecule has 2 atom stereocenters. The molecule has 2 N–H and O–H groups in total. The van der Waals surface area contributed by atoms with E-state index in [4.69, 9.17) is 0 Å². The van der Waals surface area contributed by atoms with Gasteiger partial charge in [0.1, 0.15) is 6.33 Å². The molecule has 5 heterocycles. The van der Waals surface area contributed by atoms with Gasteiger partial charge in [0.25, 0.3) is 5.56 Å². The number of likely N-dealkylation sites (tertiary alicyclic amines) is 1. The van der Waals surface area contributed by atoms with E-state index in [2.05, 4.69) is 32.4 Å². The quantitative estimate of drug-likeness (QED) is 0.417. The third kappa shape index (κ3) is 4.61. The Morgan fingerprint density at radius 3 is 2.58 bits per heavy atom. The zero-order valence-corrected chi connectivity index (χ0v) is 21.1. The number of piperidine rings is 2. The summed E-state index contributed by atoms with van der Waals surface area (Å²) in [4.78, 5) is 41.6. The lowest BCUT2D eigenvalue weighted by Gasteiger charge is -2.41. The second-order valence-corrected chi connectivity index (χ2v) is 10.3. The van der Waals surface area contributed by atoms with Crippen LogP contribution in [-0.2, 0) is 11.3 Å². The molecule has 0 bridgehead atoms. The van der Waals surface area contributed by atoms with Crippen molar-refractivity contribution in [2.75, 3.05) is 26.2 Å². The molecule has 0 aliphatic carbocycles. The lowest BCUT2D eigenvalue weighted by atomic mass is 9.80. The number of benzene rings is 1. The smallest absolute Gasteiger partial charge is 0.262 e. The molecule has 10 heteroatoms. The highest BCUT2D eigenvalue weighted by atomic mass is 16.3. The fraction of sp³-hybridized carbons (Fsp3) is 0.393. The minimum Gasteiger partial charge on any atom is -0.388 e. The highest BCUT2D eigenvalue weighted by Gasteiger charge is 2.39. The third-order valence-corrected chi connectivity index (χ3v) is 7.94. The summed E-state index contributed by atoms with van der Waals surface area (Å²) < 4.78 is 3.14. The molecule has 2 saturated heterocycles. The highest BCUT2D eigenvalue weighted by molar-refractivity contribution is 5.80. The number of hydrogen-bond acceptors (Lipinski definition) is 7. The van der Waals surface area contributed by atoms with E-state index in [1.165, 1.54) is 16.5 Å². The number of aliphatic hydroxyl groups is 1. The number of hydrogen-bond donors (Lipinski definition) is 2. The van der Waals surface area contributed by atoms with E-state index in [0.29, 0.717) is 42.9 Å². The van der Waals surface area contributed by atoms with Crippen LogP contribution < -0.4 is 10.9 Å². The molecule has 1 amide bonds. The molecule has 1 aromatic carbocycles. The highest BCUT2D eigenvalue weighted by Crippen LogP contribution is 2.33. The Hall–Kier alpha value is -3.89. The van der Waals surface area contributed by atoms with Gasteiger partial charge in [0.05, 0.1) is 17.5 Å². The van der Waals surface area contributed by atoms with Crippen LogP contribution in [0.25, 0.3) is 17.0 Å². The molecular weight excluding hydrogens is 482 g/mol. The van der Waals surface area contributed by atoms with Gasteiger partial charge in [-0.3, -0.25) is 18.7 Å². The van der Waals surface area contributed by atoms with Crippen LogP contribution in [0.1, 0.15) is 30.7 Å². The number of carbonyl (C=O) groups is 1. The molecule has 2 aliphatic heterocycles. The van der Waals surface area contributed by atoms with Crippen molar-refractivity contribution in [1.82, 2.24) is 34.3 Å². The van der Waals surface area contributed by atoms with Gasteiger partial charge in [0, 0.05) is 50.1 Å². The Morgan fingerprint density at radius 2 is 1.82 bits per heavy atom. The van der Waals surface area contributed by atoms with Crippen LogP contribution in [0.5, 0.6) is 0 Å². The molecular formula is C28H31N7O3. The van der Waals surface area contributed by atoms with E-state index in [0.717, 1.165) is 19.5 Å². The van der Waals surface area contributed by atoms with Crippen molar-refractivity contribution in [3.05, 3.63) is 83.3 Å². The summed E-state index contributed by atoms with van der Waals surface area (Å²) in [6.45, 7) is 2.67. The summed E-state index contributed by atoms with van der Waals surface area (Å²) in [5.74, 6) is 0.665. The number of nitrogens with one attached hydrogen (secondary N) is 1. The maximum atomic E-state index is 13.6. The monoisotopic (exact) mass is 513 g/mol. The van der Waals surface area contributed by atoms with Crippen molar-refractivity contribution < 1.29 is 9.90 Å². The van der Waals surface area contributed by atoms with Crippen LogP contribution in [0.3, 0.4) is 0 Å². The van der Waals surface area contributed by atoms with Gasteiger partial charge in [0.2, 0.25) is 11.9 Å². The fourth-order valence-electron chi connectivity index (χ4n) is 5.80. The molecule has 4 aromatic rings. The van der Waals surface area contributed by atoms with E-state index in [1.807, 2.05) is 23.1 Å². The predicted molar refractivity (Wildman–Crippen MR) is 142 cm³/mol. The third-order valence-electron chi connectivity index (χ3n) is 7.94. The number of nitrogens with zero attached hydrogens (tertiary/aromatic N) is 6. The first-order valence-corrected chi connectivity index (χ1v) is 13.1. The number of amides is 1. The van der Waals surface area contributed by atoms with Crippen LogP contribution >= 0.6 is 0 Å². The topological polar surface area (TPSA) is 118 Å². The lowest BCUT2D eigenvalue weighted by Crippen LogP contribution is -2.52. The summed E-state index contributed by atoms with van der Waals surface area (Å²) in [6, 6.07) is 13.6. The minimum absolute atomic E-state index is 0.0725. The normalized spacial score (nSPS) is 21.4. The zero-order chi connectivity index (χ0) is 26.1. The van der Waals surface area contributed by atoms with Gasteiger partial charge in [0.15, 0.2) is 5.65 Å². The van der Waals surface area contributed by atoms with E-state index >= 15 is 0 Å². The summed E-state index contributed by atoms with van der Waals surface area (Å²) in [5, 5.41) is 15.3. The second-order valence-electron chi connectivity index (χ2n) is 10.3. The van der Waals surface area contributed by atoms with Gasteiger partial charge in [-0.25, -0.2) is 15.0 Å². The molecule has 6 rings (SSSR count). The molecule has 10 nitrogen and oxygen atoms in total. The molecule has 2 aliphatic rings. The van der Waals surface area contributed by atoms with Crippen molar-refractivity contribution in [1.29, 1.82) is 0 Å². The van der Waals surface area contributed by atoms with Crippen LogP contribution in [0.4, 0.5) is 0 Å². The number of fused-ring (bicyclic) bond motifs is 1. The van der Waals surface area contributed by atoms with Crippen LogP contribution in [0, 0.1) is 5.92 Å². The average Bonchev–Trinajstić information content (AvgIpc) is 3.40. The Kier molecular flexibility index (Phi) is 6.50. The van der Waals surface area contributed by atoms with E-state index in [9.17, 15) is 14.7 Å². The SMILES string of the molecule is O=C([C@@H]1CCNC[C@H]1c1ccccc1)N1CCC(O)(Cn2cnc3c(ccn3-c3ncccn3)c2=O)CC1. The zero-order valence-electron chi connectivity index (χ0n) is 21.1. The van der Waals surface area contributed by atoms with Crippen molar-refractivity contribution in [2.45, 2.75) is 37.3 Å². The fourth-order valence-corrected chi connectivity index (χ4v) is 5.80. The van der Waals surface area contributed by atoms with E-state index < -0.39 is 5.60 Å². The predicted octanol–water partition coefficient (Wildman–Crippen LogP) is 1.72. The van der Waals surface area contributed by atoms with E-state index in [1.54, 1.807) is 35.3 Å². The molecule has 0 saturated carbocycles. The Morgan fingerprint density at radius 1 is 1.05 bits per heavy atom. The maximum absolute atomic E-state index is 13.6. The first kappa shape index (κ1) is 24.4. The standard InChI is InChI=1S/C28H31N7O3/c36-25(21-7-13-29-17-23(21)20-5-2-1-3-6-20)33-15-9-28(38,10-16-33)18-34-19-32-24-22(26(34)37)8-14-35(24)27-30-11-4-12-31-27/h1-6,8,11-12,14,19,21,23,29,38H,7,9-10,13,15-18H2/t21-,23+/m1/s1. The van der Waals surface area contributed by atoms with Gasteiger partial charge < -0.3 is 15.3 Å². The van der Waals surface area contributed by atoms with Crippen molar-refractivity contribution in [3.8, 4) is 5.95 Å². The van der Waals surface area contributed by atoms with Crippen molar-refractivity contribution in [3.63, 3.8) is 0 Å². The van der Waals surface area contributed by atoms with E-state index in [-0.39, 0.29) is 29.8 Å². The average molecular weight is 514 g/mol. The molecule has 0 radical (unpaired) electrons. The van der Waals surface area contributed by atoms with Crippen molar-refractivity contribution in [2.24, 2.45) is 5.92 Å². The molecule has 2 fully saturated rings. The lowest BCUT2D eigenvalue weighted by molar-refractivity contribution is -0.141. The van der Waals surface area contributed by atoms with Crippen LogP contribution in [0.2, 0.25) is 0 Å². The van der Waals surface area contributed by atoms with Crippen molar-refractivity contribution >= 4 is 16.9 Å². The molecule has 0 unspecified atom stereocenters. The Labute approximate surface area is 220 Å². The van der Waals surface area contributed by atoms with Gasteiger partial charge >= 0.3 is 0 Å². The second kappa shape index (κ2) is 10.1. The van der Waals surface area contributed by atoms with Crippen LogP contribution in [-0.4, -0.2) is 71.8 Å². The van der Waals surface area contributed by atoms with Crippen LogP contribution in [0.15, 0.2) is 72.2 Å². The number of rotatable bonds is 5.